The number of carbonyl (C=O) groups is 1. The third-order valence-corrected chi connectivity index (χ3v) is 2.48. The summed E-state index contributed by atoms with van der Waals surface area (Å²) in [6.45, 7) is 2.84. The van der Waals surface area contributed by atoms with Gasteiger partial charge in [-0.1, -0.05) is 0 Å². The minimum atomic E-state index is -0.333. The quantitative estimate of drug-likeness (QED) is 0.649. The molecule has 1 aliphatic heterocycles. The van der Waals surface area contributed by atoms with E-state index in [4.69, 9.17) is 5.73 Å². The first-order chi connectivity index (χ1) is 7.08. The van der Waals surface area contributed by atoms with Crippen LogP contribution >= 0.6 is 0 Å². The maximum absolute atomic E-state index is 11.8. The number of aromatic nitrogens is 1. The maximum atomic E-state index is 11.8. The number of nitrogens with one attached hydrogen (secondary N) is 1. The van der Waals surface area contributed by atoms with E-state index in [1.165, 1.54) is 0 Å². The molecule has 5 nitrogen and oxygen atoms in total. The summed E-state index contributed by atoms with van der Waals surface area (Å²) < 4.78 is 0. The van der Waals surface area contributed by atoms with Crippen LogP contribution in [0, 0.1) is 6.92 Å². The normalized spacial score (nSPS) is 16.3. The standard InChI is InChI=1S/C10H13N3O2/c1-6-2-3-8(9(14)12-6)10(15)13-4-7(11)5-13/h2-3,7H,4-5,11H2,1H3,(H,12,14). The summed E-state index contributed by atoms with van der Waals surface area (Å²) in [5.41, 5.74) is 6.17. The highest BCUT2D eigenvalue weighted by atomic mass is 16.2. The van der Waals surface area contributed by atoms with Gasteiger partial charge in [0.1, 0.15) is 5.56 Å². The second-order valence-electron chi connectivity index (χ2n) is 3.85. The summed E-state index contributed by atoms with van der Waals surface area (Å²) >= 11 is 0. The molecule has 1 aliphatic rings. The molecule has 2 heterocycles. The number of hydrogen-bond acceptors (Lipinski definition) is 3. The van der Waals surface area contributed by atoms with Crippen LogP contribution in [0.3, 0.4) is 0 Å². The molecule has 0 bridgehead atoms. The average molecular weight is 207 g/mol. The van der Waals surface area contributed by atoms with Gasteiger partial charge < -0.3 is 15.6 Å². The molecule has 1 saturated heterocycles. The van der Waals surface area contributed by atoms with E-state index in [0.29, 0.717) is 13.1 Å². The van der Waals surface area contributed by atoms with Crippen molar-refractivity contribution in [2.45, 2.75) is 13.0 Å². The van der Waals surface area contributed by atoms with Gasteiger partial charge in [0.25, 0.3) is 11.5 Å². The minimum absolute atomic E-state index is 0.0541. The highest BCUT2D eigenvalue weighted by molar-refractivity contribution is 5.94. The van der Waals surface area contributed by atoms with Gasteiger partial charge in [-0.2, -0.15) is 0 Å². The van der Waals surface area contributed by atoms with E-state index < -0.39 is 0 Å². The Morgan fingerprint density at radius 2 is 2.20 bits per heavy atom. The van der Waals surface area contributed by atoms with E-state index >= 15 is 0 Å². The van der Waals surface area contributed by atoms with Crippen LogP contribution in [0.5, 0.6) is 0 Å². The fourth-order valence-electron chi connectivity index (χ4n) is 1.59. The molecule has 1 amide bonds. The first-order valence-electron chi connectivity index (χ1n) is 4.82. The van der Waals surface area contributed by atoms with Crippen molar-refractivity contribution in [2.75, 3.05) is 13.1 Å². The largest absolute Gasteiger partial charge is 0.335 e. The van der Waals surface area contributed by atoms with E-state index in [2.05, 4.69) is 4.98 Å². The molecule has 2 rings (SSSR count). The molecule has 1 aromatic rings. The van der Waals surface area contributed by atoms with Crippen LogP contribution in [0.25, 0.3) is 0 Å². The molecule has 0 aliphatic carbocycles. The Morgan fingerprint density at radius 1 is 1.53 bits per heavy atom. The summed E-state index contributed by atoms with van der Waals surface area (Å²) in [7, 11) is 0. The lowest BCUT2D eigenvalue weighted by Gasteiger charge is -2.36. The Morgan fingerprint density at radius 3 is 2.73 bits per heavy atom. The molecule has 3 N–H and O–H groups in total. The summed E-state index contributed by atoms with van der Waals surface area (Å²) in [6.07, 6.45) is 0. The SMILES string of the molecule is Cc1ccc(C(=O)N2CC(N)C2)c(=O)[nH]1. The smallest absolute Gasteiger partial charge is 0.260 e. The summed E-state index contributed by atoms with van der Waals surface area (Å²) in [5.74, 6) is -0.238. The second kappa shape index (κ2) is 3.51. The van der Waals surface area contributed by atoms with E-state index in [-0.39, 0.29) is 23.1 Å². The van der Waals surface area contributed by atoms with Gasteiger partial charge in [-0.25, -0.2) is 0 Å². The van der Waals surface area contributed by atoms with Gasteiger partial charge in [-0.05, 0) is 19.1 Å². The first-order valence-corrected chi connectivity index (χ1v) is 4.82. The Kier molecular flexibility index (Phi) is 2.32. The Balaban J connectivity index is 2.23. The molecule has 80 valence electrons. The number of nitrogens with two attached hydrogens (primary N) is 1. The molecule has 0 aromatic carbocycles. The van der Waals surface area contributed by atoms with Crippen LogP contribution in [0.15, 0.2) is 16.9 Å². The van der Waals surface area contributed by atoms with Crippen molar-refractivity contribution in [1.82, 2.24) is 9.88 Å². The molecule has 0 spiro atoms. The molecule has 15 heavy (non-hydrogen) atoms. The molecule has 0 saturated carbocycles. The van der Waals surface area contributed by atoms with Gasteiger partial charge in [-0.15, -0.1) is 0 Å². The van der Waals surface area contributed by atoms with Crippen LogP contribution in [0.4, 0.5) is 0 Å². The highest BCUT2D eigenvalue weighted by Gasteiger charge is 2.29. The van der Waals surface area contributed by atoms with Gasteiger partial charge in [-0.3, -0.25) is 9.59 Å². The second-order valence-corrected chi connectivity index (χ2v) is 3.85. The molecule has 0 radical (unpaired) electrons. The third-order valence-electron chi connectivity index (χ3n) is 2.48. The van der Waals surface area contributed by atoms with Crippen LogP contribution in [-0.4, -0.2) is 34.9 Å². The number of rotatable bonds is 1. The maximum Gasteiger partial charge on any atom is 0.260 e. The highest BCUT2D eigenvalue weighted by Crippen LogP contribution is 2.09. The zero-order chi connectivity index (χ0) is 11.0. The van der Waals surface area contributed by atoms with Crippen molar-refractivity contribution in [2.24, 2.45) is 5.73 Å². The number of aryl methyl sites for hydroxylation is 1. The topological polar surface area (TPSA) is 79.2 Å². The number of aromatic amines is 1. The zero-order valence-electron chi connectivity index (χ0n) is 8.49. The molecule has 5 heteroatoms. The monoisotopic (exact) mass is 207 g/mol. The predicted octanol–water partition coefficient (Wildman–Crippen LogP) is -0.534. The lowest BCUT2D eigenvalue weighted by Crippen LogP contribution is -2.58. The zero-order valence-corrected chi connectivity index (χ0v) is 8.49. The molecule has 0 unspecified atom stereocenters. The summed E-state index contributed by atoms with van der Waals surface area (Å²) in [5, 5.41) is 0. The number of H-pyrrole nitrogens is 1. The van der Waals surface area contributed by atoms with Crippen molar-refractivity contribution in [1.29, 1.82) is 0 Å². The van der Waals surface area contributed by atoms with Crippen molar-refractivity contribution < 1.29 is 4.79 Å². The van der Waals surface area contributed by atoms with Crippen molar-refractivity contribution >= 4 is 5.91 Å². The lowest BCUT2D eigenvalue weighted by atomic mass is 10.1. The number of likely N-dealkylation sites (tertiary alicyclic amines) is 1. The van der Waals surface area contributed by atoms with Gasteiger partial charge in [0.05, 0.1) is 0 Å². The summed E-state index contributed by atoms with van der Waals surface area (Å²) in [6, 6.07) is 3.33. The lowest BCUT2D eigenvalue weighted by molar-refractivity contribution is 0.0606. The van der Waals surface area contributed by atoms with Gasteiger partial charge in [0, 0.05) is 24.8 Å². The number of carbonyl (C=O) groups excluding carboxylic acids is 1. The molecule has 1 aromatic heterocycles. The average Bonchev–Trinajstić information content (AvgIpc) is 2.12. The molecular formula is C10H13N3O2. The van der Waals surface area contributed by atoms with E-state index in [9.17, 15) is 9.59 Å². The van der Waals surface area contributed by atoms with E-state index in [1.807, 2.05) is 0 Å². The van der Waals surface area contributed by atoms with E-state index in [1.54, 1.807) is 24.0 Å². The molecule has 0 atom stereocenters. The number of nitrogens with zero attached hydrogens (tertiary/aromatic N) is 1. The Labute approximate surface area is 86.9 Å². The molecular weight excluding hydrogens is 194 g/mol. The fraction of sp³-hybridized carbons (Fsp3) is 0.400. The van der Waals surface area contributed by atoms with Gasteiger partial charge in [0.15, 0.2) is 0 Å². The number of amides is 1. The fourth-order valence-corrected chi connectivity index (χ4v) is 1.59. The predicted molar refractivity (Wildman–Crippen MR) is 55.7 cm³/mol. The molecule has 1 fully saturated rings. The Bertz CT molecular complexity index is 446. The Hall–Kier alpha value is -1.62. The van der Waals surface area contributed by atoms with Crippen LogP contribution in [-0.2, 0) is 0 Å². The van der Waals surface area contributed by atoms with Gasteiger partial charge >= 0.3 is 0 Å². The van der Waals surface area contributed by atoms with Crippen molar-refractivity contribution in [3.8, 4) is 0 Å². The first kappa shape index (κ1) is 9.92. The van der Waals surface area contributed by atoms with E-state index in [0.717, 1.165) is 5.69 Å². The van der Waals surface area contributed by atoms with Gasteiger partial charge in [0.2, 0.25) is 0 Å². The number of pyridine rings is 1. The van der Waals surface area contributed by atoms with Crippen LogP contribution in [0.2, 0.25) is 0 Å². The third kappa shape index (κ3) is 1.78. The summed E-state index contributed by atoms with van der Waals surface area (Å²) in [4.78, 5) is 27.4. The van der Waals surface area contributed by atoms with Crippen molar-refractivity contribution in [3.63, 3.8) is 0 Å². The van der Waals surface area contributed by atoms with Crippen LogP contribution in [0.1, 0.15) is 16.1 Å². The van der Waals surface area contributed by atoms with Crippen molar-refractivity contribution in [3.05, 3.63) is 33.7 Å². The minimum Gasteiger partial charge on any atom is -0.335 e. The van der Waals surface area contributed by atoms with Crippen LogP contribution < -0.4 is 11.3 Å². The number of hydrogen-bond donors (Lipinski definition) is 2.